The van der Waals surface area contributed by atoms with E-state index in [4.69, 9.17) is 22.7 Å². The Morgan fingerprint density at radius 1 is 1.06 bits per heavy atom. The minimum absolute atomic E-state index is 0.166. The highest BCUT2D eigenvalue weighted by molar-refractivity contribution is 6.30. The van der Waals surface area contributed by atoms with Gasteiger partial charge >= 0.3 is 0 Å². The number of benzene rings is 3. The van der Waals surface area contributed by atoms with Gasteiger partial charge in [-0.1, -0.05) is 54.1 Å². The molecule has 0 aliphatic carbocycles. The second-order valence-electron chi connectivity index (χ2n) is 8.39. The quantitative estimate of drug-likeness (QED) is 0.179. The van der Waals surface area contributed by atoms with Crippen molar-refractivity contribution in [2.75, 3.05) is 17.7 Å². The molecule has 1 heterocycles. The van der Waals surface area contributed by atoms with Crippen molar-refractivity contribution in [2.24, 2.45) is 4.99 Å². The average Bonchev–Trinajstić information content (AvgIpc) is 3.59. The van der Waals surface area contributed by atoms with Crippen LogP contribution < -0.4 is 16.0 Å². The summed E-state index contributed by atoms with van der Waals surface area (Å²) in [5, 5.41) is 13.3. The molecule has 0 spiro atoms. The van der Waals surface area contributed by atoms with Crippen LogP contribution in [0.3, 0.4) is 0 Å². The van der Waals surface area contributed by atoms with Crippen LogP contribution in [-0.2, 0) is 6.42 Å². The number of hydrogen-bond donors (Lipinski definition) is 3. The first kappa shape index (κ1) is 23.0. The number of aryl methyl sites for hydroxylation is 1. The number of anilines is 2. The summed E-state index contributed by atoms with van der Waals surface area (Å²) in [6.45, 7) is 2.02. The van der Waals surface area contributed by atoms with Gasteiger partial charge in [0.05, 0.1) is 11.4 Å². The predicted octanol–water partition coefficient (Wildman–Crippen LogP) is 5.51. The molecular formula is C27H30ClN5. The number of halogens is 1. The van der Waals surface area contributed by atoms with E-state index in [1.54, 1.807) is 0 Å². The molecule has 4 N–H and O–H groups in total. The summed E-state index contributed by atoms with van der Waals surface area (Å²) < 4.78 is 0. The summed E-state index contributed by atoms with van der Waals surface area (Å²) in [5.74, 6) is 0.922. The molecule has 5 nitrogen and oxygen atoms in total. The maximum absolute atomic E-state index is 8.87. The van der Waals surface area contributed by atoms with E-state index in [-0.39, 0.29) is 6.17 Å². The molecule has 2 atom stereocenters. The second-order valence-corrected chi connectivity index (χ2v) is 8.83. The molecule has 1 aliphatic heterocycles. The summed E-state index contributed by atoms with van der Waals surface area (Å²) in [5.41, 5.74) is 11.0. The molecular weight excluding hydrogens is 430 g/mol. The van der Waals surface area contributed by atoms with Gasteiger partial charge in [0.15, 0.2) is 0 Å². The molecule has 33 heavy (non-hydrogen) atoms. The molecule has 3 aromatic carbocycles. The number of nitrogen functional groups attached to an aromatic ring is 1. The van der Waals surface area contributed by atoms with E-state index in [0.29, 0.717) is 17.4 Å². The summed E-state index contributed by atoms with van der Waals surface area (Å²) in [6, 6.07) is 24.0. The van der Waals surface area contributed by atoms with E-state index in [0.717, 1.165) is 46.9 Å². The Balaban J connectivity index is 1.50. The maximum Gasteiger partial charge on any atom is 0.102 e. The normalized spacial score (nSPS) is 17.6. The van der Waals surface area contributed by atoms with Gasteiger partial charge in [-0.15, -0.1) is 0 Å². The van der Waals surface area contributed by atoms with Crippen molar-refractivity contribution in [2.45, 2.75) is 38.4 Å². The SMILES string of the molecule is CN=C(C)N(c1ccccc1C(=N)c1ccc(N)cc1)C1NC1CCCc1ccc(Cl)cc1. The molecule has 2 unspecified atom stereocenters. The number of nitrogens with two attached hydrogens (primary N) is 1. The van der Waals surface area contributed by atoms with Crippen LogP contribution in [0.5, 0.6) is 0 Å². The molecule has 0 aromatic heterocycles. The first-order valence-electron chi connectivity index (χ1n) is 11.2. The van der Waals surface area contributed by atoms with Crippen LogP contribution in [-0.4, -0.2) is 30.8 Å². The van der Waals surface area contributed by atoms with Crippen molar-refractivity contribution in [3.05, 3.63) is 94.5 Å². The number of nitrogens with one attached hydrogen (secondary N) is 2. The van der Waals surface area contributed by atoms with Crippen molar-refractivity contribution in [1.29, 1.82) is 5.41 Å². The van der Waals surface area contributed by atoms with E-state index in [1.807, 2.05) is 68.6 Å². The van der Waals surface area contributed by atoms with Crippen LogP contribution >= 0.6 is 11.6 Å². The third-order valence-electron chi connectivity index (χ3n) is 6.13. The second kappa shape index (κ2) is 10.2. The fourth-order valence-electron chi connectivity index (χ4n) is 4.17. The van der Waals surface area contributed by atoms with Crippen molar-refractivity contribution < 1.29 is 0 Å². The van der Waals surface area contributed by atoms with Gasteiger partial charge in [-0.05, 0) is 62.1 Å². The zero-order valence-electron chi connectivity index (χ0n) is 19.1. The summed E-state index contributed by atoms with van der Waals surface area (Å²) in [4.78, 5) is 6.72. The molecule has 0 radical (unpaired) electrons. The molecule has 6 heteroatoms. The van der Waals surface area contributed by atoms with Gasteiger partial charge < -0.3 is 10.6 Å². The van der Waals surface area contributed by atoms with Crippen molar-refractivity contribution in [3.8, 4) is 0 Å². The molecule has 0 bridgehead atoms. The number of amidine groups is 1. The summed E-state index contributed by atoms with van der Waals surface area (Å²) >= 11 is 6.00. The number of rotatable bonds is 8. The molecule has 0 saturated carbocycles. The first-order chi connectivity index (χ1) is 16.0. The predicted molar refractivity (Wildman–Crippen MR) is 140 cm³/mol. The molecule has 3 aromatic rings. The highest BCUT2D eigenvalue weighted by Gasteiger charge is 2.42. The third kappa shape index (κ3) is 5.44. The highest BCUT2D eigenvalue weighted by atomic mass is 35.5. The minimum atomic E-state index is 0.166. The Bertz CT molecular complexity index is 1140. The van der Waals surface area contributed by atoms with Crippen LogP contribution in [0.25, 0.3) is 0 Å². The Labute approximate surface area is 200 Å². The van der Waals surface area contributed by atoms with Crippen LogP contribution in [0.2, 0.25) is 5.02 Å². The smallest absolute Gasteiger partial charge is 0.102 e. The Kier molecular flexibility index (Phi) is 7.11. The van der Waals surface area contributed by atoms with Crippen LogP contribution in [0.1, 0.15) is 36.5 Å². The number of hydrogen-bond acceptors (Lipinski definition) is 4. The highest BCUT2D eigenvalue weighted by Crippen LogP contribution is 2.31. The zero-order valence-corrected chi connectivity index (χ0v) is 19.8. The number of para-hydroxylation sites is 1. The van der Waals surface area contributed by atoms with E-state index in [1.165, 1.54) is 5.56 Å². The molecule has 1 fully saturated rings. The summed E-state index contributed by atoms with van der Waals surface area (Å²) in [7, 11) is 1.81. The van der Waals surface area contributed by atoms with E-state index in [2.05, 4.69) is 33.4 Å². The lowest BCUT2D eigenvalue weighted by Gasteiger charge is -2.26. The standard InChI is InChI=1S/C27H30ClN5/c1-18(31-2)33(27-24(32-27)8-5-6-19-10-14-21(28)15-11-19)25-9-4-3-7-23(25)26(30)20-12-16-22(29)17-13-20/h3-4,7,9-17,24,27,30,32H,5-6,8,29H2,1-2H3. The summed E-state index contributed by atoms with van der Waals surface area (Å²) in [6.07, 6.45) is 3.36. The molecule has 170 valence electrons. The Hall–Kier alpha value is -3.15. The van der Waals surface area contributed by atoms with Gasteiger partial charge in [0.25, 0.3) is 0 Å². The number of nitrogens with zero attached hydrogens (tertiary/aromatic N) is 2. The van der Waals surface area contributed by atoms with Crippen LogP contribution in [0, 0.1) is 5.41 Å². The van der Waals surface area contributed by atoms with E-state index in [9.17, 15) is 0 Å². The Morgan fingerprint density at radius 2 is 1.76 bits per heavy atom. The van der Waals surface area contributed by atoms with Crippen LogP contribution in [0.4, 0.5) is 11.4 Å². The average molecular weight is 460 g/mol. The van der Waals surface area contributed by atoms with Gasteiger partial charge in [-0.25, -0.2) is 0 Å². The molecule has 4 rings (SSSR count). The zero-order chi connectivity index (χ0) is 23.4. The van der Waals surface area contributed by atoms with Gasteiger partial charge in [-0.3, -0.25) is 15.7 Å². The fourth-order valence-corrected chi connectivity index (χ4v) is 4.30. The monoisotopic (exact) mass is 459 g/mol. The lowest BCUT2D eigenvalue weighted by molar-refractivity contribution is 0.707. The molecule has 0 amide bonds. The third-order valence-corrected chi connectivity index (χ3v) is 6.39. The topological polar surface area (TPSA) is 87.4 Å². The first-order valence-corrected chi connectivity index (χ1v) is 11.6. The van der Waals surface area contributed by atoms with Crippen molar-refractivity contribution in [3.63, 3.8) is 0 Å². The van der Waals surface area contributed by atoms with Gasteiger partial charge in [0, 0.05) is 34.9 Å². The Morgan fingerprint density at radius 3 is 2.45 bits per heavy atom. The van der Waals surface area contributed by atoms with Crippen molar-refractivity contribution in [1.82, 2.24) is 5.32 Å². The van der Waals surface area contributed by atoms with Gasteiger partial charge in [0.2, 0.25) is 0 Å². The fraction of sp³-hybridized carbons (Fsp3) is 0.259. The number of aliphatic imine (C=N–C) groups is 1. The maximum atomic E-state index is 8.87. The molecule has 1 aliphatic rings. The van der Waals surface area contributed by atoms with Gasteiger partial charge in [-0.2, -0.15) is 0 Å². The van der Waals surface area contributed by atoms with E-state index >= 15 is 0 Å². The largest absolute Gasteiger partial charge is 0.399 e. The lowest BCUT2D eigenvalue weighted by atomic mass is 9.99. The van der Waals surface area contributed by atoms with E-state index < -0.39 is 0 Å². The van der Waals surface area contributed by atoms with Gasteiger partial charge in [0.1, 0.15) is 12.0 Å². The van der Waals surface area contributed by atoms with Crippen molar-refractivity contribution >= 4 is 34.5 Å². The van der Waals surface area contributed by atoms with Crippen LogP contribution in [0.15, 0.2) is 77.8 Å². The molecule has 1 saturated heterocycles. The lowest BCUT2D eigenvalue weighted by Crippen LogP contribution is -2.35. The minimum Gasteiger partial charge on any atom is -0.399 e.